The van der Waals surface area contributed by atoms with Gasteiger partial charge >= 0.3 is 0 Å². The fourth-order valence-corrected chi connectivity index (χ4v) is 3.62. The fourth-order valence-electron chi connectivity index (χ4n) is 3.33. The van der Waals surface area contributed by atoms with Gasteiger partial charge < -0.3 is 10.2 Å². The van der Waals surface area contributed by atoms with Gasteiger partial charge in [0.25, 0.3) is 0 Å². The maximum Gasteiger partial charge on any atom is 0.226 e. The Kier molecular flexibility index (Phi) is 2.65. The summed E-state index contributed by atoms with van der Waals surface area (Å²) in [5.74, 6) is 1.83. The van der Waals surface area contributed by atoms with E-state index >= 15 is 0 Å². The number of nitrogens with one attached hydrogen (secondary N) is 1. The Bertz CT molecular complexity index is 580. The number of carbonyl (C=O) groups is 1. The molecule has 3 atom stereocenters. The Balaban J connectivity index is 1.73. The second-order valence-electron chi connectivity index (χ2n) is 5.80. The summed E-state index contributed by atoms with van der Waals surface area (Å²) in [5.41, 5.74) is 1.07. The molecule has 6 nitrogen and oxygen atoms in total. The van der Waals surface area contributed by atoms with Gasteiger partial charge in [0.1, 0.15) is 18.0 Å². The van der Waals surface area contributed by atoms with Gasteiger partial charge in [-0.25, -0.2) is 14.4 Å². The van der Waals surface area contributed by atoms with E-state index in [4.69, 9.17) is 11.8 Å². The summed E-state index contributed by atoms with van der Waals surface area (Å²) < 4.78 is 1.90. The monoisotopic (exact) mass is 293 g/mol. The number of hydrogen-bond donors (Lipinski definition) is 1. The van der Waals surface area contributed by atoms with Crippen LogP contribution in [-0.4, -0.2) is 45.5 Å². The Labute approximate surface area is 122 Å². The smallest absolute Gasteiger partial charge is 0.226 e. The molecule has 1 N–H and O–H groups in total. The van der Waals surface area contributed by atoms with Gasteiger partial charge in [-0.1, -0.05) is 6.92 Å². The molecule has 0 bridgehead atoms. The highest BCUT2D eigenvalue weighted by atomic mass is 35.5. The molecule has 1 saturated carbocycles. The summed E-state index contributed by atoms with van der Waals surface area (Å²) in [6.07, 6.45) is 3.12. The van der Waals surface area contributed by atoms with Crippen molar-refractivity contribution in [2.24, 2.45) is 0 Å². The molecule has 3 aliphatic rings. The average Bonchev–Trinajstić information content (AvgIpc) is 3.19. The predicted molar refractivity (Wildman–Crippen MR) is 75.8 cm³/mol. The molecule has 1 amide bonds. The number of piperazine rings is 1. The van der Waals surface area contributed by atoms with E-state index in [-0.39, 0.29) is 11.8 Å². The quantitative estimate of drug-likeness (QED) is 0.792. The van der Waals surface area contributed by atoms with E-state index in [1.165, 1.54) is 6.33 Å². The molecule has 2 unspecified atom stereocenters. The largest absolute Gasteiger partial charge is 0.350 e. The van der Waals surface area contributed by atoms with Gasteiger partial charge in [0, 0.05) is 37.2 Å². The molecule has 1 aromatic heterocycles. The van der Waals surface area contributed by atoms with Crippen molar-refractivity contribution in [2.45, 2.75) is 37.8 Å². The summed E-state index contributed by atoms with van der Waals surface area (Å²) in [4.78, 5) is 22.7. The lowest BCUT2D eigenvalue weighted by molar-refractivity contribution is -0.116. The molecule has 0 radical (unpaired) electrons. The molecule has 4 rings (SSSR count). The van der Waals surface area contributed by atoms with E-state index in [0.29, 0.717) is 24.3 Å². The maximum atomic E-state index is 11.6. The third-order valence-electron chi connectivity index (χ3n) is 4.42. The normalized spacial score (nSPS) is 32.4. The minimum atomic E-state index is 0.0320. The van der Waals surface area contributed by atoms with Crippen molar-refractivity contribution in [3.63, 3.8) is 0 Å². The summed E-state index contributed by atoms with van der Waals surface area (Å²) in [6.45, 7) is 3.77. The zero-order valence-corrected chi connectivity index (χ0v) is 12.0. The van der Waals surface area contributed by atoms with Gasteiger partial charge in [0.15, 0.2) is 0 Å². The maximum absolute atomic E-state index is 11.6. The molecule has 0 aromatic carbocycles. The van der Waals surface area contributed by atoms with Crippen molar-refractivity contribution < 1.29 is 4.79 Å². The van der Waals surface area contributed by atoms with E-state index in [1.54, 1.807) is 0 Å². The highest BCUT2D eigenvalue weighted by Gasteiger charge is 2.50. The molecule has 2 aliphatic heterocycles. The Morgan fingerprint density at radius 2 is 2.20 bits per heavy atom. The van der Waals surface area contributed by atoms with E-state index in [1.807, 2.05) is 4.42 Å². The number of hydrogen-bond acceptors (Lipinski definition) is 5. The zero-order chi connectivity index (χ0) is 13.9. The van der Waals surface area contributed by atoms with E-state index < -0.39 is 0 Å². The summed E-state index contributed by atoms with van der Waals surface area (Å²) in [6, 6.07) is 0.884. The van der Waals surface area contributed by atoms with Crippen molar-refractivity contribution in [1.82, 2.24) is 14.4 Å². The molecule has 1 aliphatic carbocycles. The zero-order valence-electron chi connectivity index (χ0n) is 11.2. The second-order valence-corrected chi connectivity index (χ2v) is 6.23. The number of nitrogens with zero attached hydrogens (tertiary/aromatic N) is 4. The first-order valence-electron chi connectivity index (χ1n) is 6.99. The summed E-state index contributed by atoms with van der Waals surface area (Å²) >= 11 is 6.17. The minimum absolute atomic E-state index is 0.0320. The second kappa shape index (κ2) is 4.30. The van der Waals surface area contributed by atoms with Gasteiger partial charge in [-0.15, -0.1) is 0 Å². The summed E-state index contributed by atoms with van der Waals surface area (Å²) in [5, 5.41) is 2.85. The van der Waals surface area contributed by atoms with Crippen LogP contribution >= 0.6 is 11.8 Å². The van der Waals surface area contributed by atoms with E-state index in [0.717, 1.165) is 30.9 Å². The van der Waals surface area contributed by atoms with Crippen LogP contribution in [0.3, 0.4) is 0 Å². The number of amides is 1. The first kappa shape index (κ1) is 12.3. The molecule has 7 heteroatoms. The van der Waals surface area contributed by atoms with E-state index in [2.05, 4.69) is 27.1 Å². The SMILES string of the molecule is C[C@@H]1CC(=O)Nc2ncnc(N3CCN(Cl)C4CC43)c21. The number of halogens is 1. The van der Waals surface area contributed by atoms with Crippen LogP contribution in [0.25, 0.3) is 0 Å². The average molecular weight is 294 g/mol. The van der Waals surface area contributed by atoms with Crippen LogP contribution < -0.4 is 10.2 Å². The predicted octanol–water partition coefficient (Wildman–Crippen LogP) is 1.34. The van der Waals surface area contributed by atoms with Crippen LogP contribution in [0.2, 0.25) is 0 Å². The Hall–Kier alpha value is -1.40. The minimum Gasteiger partial charge on any atom is -0.350 e. The molecule has 1 saturated heterocycles. The van der Waals surface area contributed by atoms with Gasteiger partial charge in [-0.3, -0.25) is 4.79 Å². The van der Waals surface area contributed by atoms with Gasteiger partial charge in [-0.05, 0) is 24.1 Å². The lowest BCUT2D eigenvalue weighted by atomic mass is 9.94. The molecule has 1 aromatic rings. The lowest BCUT2D eigenvalue weighted by Crippen LogP contribution is -2.43. The molecule has 3 heterocycles. The Morgan fingerprint density at radius 3 is 3.05 bits per heavy atom. The van der Waals surface area contributed by atoms with Crippen molar-refractivity contribution in [3.8, 4) is 0 Å². The third kappa shape index (κ3) is 1.78. The highest BCUT2D eigenvalue weighted by molar-refractivity contribution is 6.14. The third-order valence-corrected chi connectivity index (χ3v) is 4.84. The van der Waals surface area contributed by atoms with Crippen molar-refractivity contribution in [3.05, 3.63) is 11.9 Å². The van der Waals surface area contributed by atoms with Gasteiger partial charge in [0.2, 0.25) is 5.91 Å². The van der Waals surface area contributed by atoms with Crippen LogP contribution in [0, 0.1) is 0 Å². The molecule has 20 heavy (non-hydrogen) atoms. The Morgan fingerprint density at radius 1 is 1.35 bits per heavy atom. The fraction of sp³-hybridized carbons (Fsp3) is 0.615. The van der Waals surface area contributed by atoms with Crippen LogP contribution in [0.15, 0.2) is 6.33 Å². The number of fused-ring (bicyclic) bond motifs is 2. The molecular weight excluding hydrogens is 278 g/mol. The molecule has 106 valence electrons. The molecular formula is C13H16ClN5O. The number of carbonyl (C=O) groups excluding carboxylic acids is 1. The van der Waals surface area contributed by atoms with Crippen LogP contribution in [0.1, 0.15) is 31.2 Å². The van der Waals surface area contributed by atoms with Crippen molar-refractivity contribution in [1.29, 1.82) is 0 Å². The first-order chi connectivity index (χ1) is 9.65. The van der Waals surface area contributed by atoms with Gasteiger partial charge in [-0.2, -0.15) is 0 Å². The van der Waals surface area contributed by atoms with E-state index in [9.17, 15) is 4.79 Å². The number of aromatic nitrogens is 2. The van der Waals surface area contributed by atoms with Crippen LogP contribution in [0.4, 0.5) is 11.6 Å². The molecule has 2 fully saturated rings. The highest BCUT2D eigenvalue weighted by Crippen LogP contribution is 2.44. The topological polar surface area (TPSA) is 61.4 Å². The van der Waals surface area contributed by atoms with Crippen molar-refractivity contribution in [2.75, 3.05) is 23.3 Å². The standard InChI is InChI=1S/C13H16ClN5O/c1-7-4-10(20)17-12-11(7)13(16-6-15-12)18-2-3-19(14)9-5-8(9)18/h6-9H,2-5H2,1H3,(H,15,16,17,20)/t7-,8?,9?/m1/s1. The van der Waals surface area contributed by atoms with Crippen LogP contribution in [0.5, 0.6) is 0 Å². The number of anilines is 2. The lowest BCUT2D eigenvalue weighted by Gasteiger charge is -2.34. The summed E-state index contributed by atoms with van der Waals surface area (Å²) in [7, 11) is 0. The first-order valence-corrected chi connectivity index (χ1v) is 7.32. The molecule has 0 spiro atoms. The van der Waals surface area contributed by atoms with Crippen LogP contribution in [-0.2, 0) is 4.79 Å². The van der Waals surface area contributed by atoms with Crippen molar-refractivity contribution >= 4 is 29.3 Å². The van der Waals surface area contributed by atoms with Gasteiger partial charge in [0.05, 0.1) is 0 Å². The number of rotatable bonds is 1.